The van der Waals surface area contributed by atoms with Crippen molar-refractivity contribution in [3.05, 3.63) is 23.4 Å². The van der Waals surface area contributed by atoms with Crippen LogP contribution in [0.4, 0.5) is 0 Å². The van der Waals surface area contributed by atoms with Crippen LogP contribution in [0.3, 0.4) is 0 Å². The van der Waals surface area contributed by atoms with Crippen LogP contribution in [-0.2, 0) is 0 Å². The first-order valence-corrected chi connectivity index (χ1v) is 3.43. The first-order valence-electron chi connectivity index (χ1n) is 3.43. The van der Waals surface area contributed by atoms with Crippen molar-refractivity contribution in [1.29, 1.82) is 0 Å². The maximum atomic E-state index is 10.7. The molecule has 13 heavy (non-hydrogen) atoms. The van der Waals surface area contributed by atoms with Gasteiger partial charge in [-0.15, -0.1) is 6.42 Å². The molecule has 1 N–H and O–H groups in total. The molecule has 0 unspecified atom stereocenters. The van der Waals surface area contributed by atoms with Gasteiger partial charge in [-0.25, -0.2) is 9.78 Å². The second-order valence-corrected chi connectivity index (χ2v) is 2.22. The lowest BCUT2D eigenvalue weighted by Crippen LogP contribution is -2.02. The molecule has 4 nitrogen and oxygen atoms in total. The normalized spacial score (nSPS) is 8.92. The zero-order valence-corrected chi connectivity index (χ0v) is 6.94. The molecular weight excluding hydrogens is 170 g/mol. The molecule has 0 radical (unpaired) electrons. The van der Waals surface area contributed by atoms with E-state index in [0.717, 1.165) is 0 Å². The Morgan fingerprint density at radius 3 is 2.92 bits per heavy atom. The molecule has 0 atom stereocenters. The average Bonchev–Trinajstić information content (AvgIpc) is 2.16. The quantitative estimate of drug-likeness (QED) is 0.678. The van der Waals surface area contributed by atoms with Gasteiger partial charge in [0.15, 0.2) is 0 Å². The number of hydrogen-bond acceptors (Lipinski definition) is 3. The topological polar surface area (TPSA) is 59.4 Å². The number of hydrogen-bond donors (Lipinski definition) is 1. The third kappa shape index (κ3) is 1.76. The van der Waals surface area contributed by atoms with Crippen molar-refractivity contribution in [2.45, 2.75) is 0 Å². The molecule has 0 saturated heterocycles. The van der Waals surface area contributed by atoms with Gasteiger partial charge in [0.1, 0.15) is 0 Å². The molecule has 0 aliphatic rings. The summed E-state index contributed by atoms with van der Waals surface area (Å²) in [5.74, 6) is 1.37. The van der Waals surface area contributed by atoms with Gasteiger partial charge in [0.05, 0.1) is 18.2 Å². The van der Waals surface area contributed by atoms with Crippen molar-refractivity contribution in [3.8, 4) is 18.2 Å². The molecule has 66 valence electrons. The van der Waals surface area contributed by atoms with E-state index in [1.807, 2.05) is 0 Å². The lowest BCUT2D eigenvalue weighted by molar-refractivity contribution is 0.0696. The van der Waals surface area contributed by atoms with Gasteiger partial charge in [0.25, 0.3) is 0 Å². The molecule has 0 saturated carbocycles. The standard InChI is InChI=1S/C9H7NO3/c1-3-6-5-10-8(13-2)4-7(6)9(11)12/h1,4-5H,2H3,(H,11,12). The molecule has 0 fully saturated rings. The lowest BCUT2D eigenvalue weighted by atomic mass is 10.1. The smallest absolute Gasteiger partial charge is 0.337 e. The first-order chi connectivity index (χ1) is 6.19. The zero-order valence-electron chi connectivity index (χ0n) is 6.94. The monoisotopic (exact) mass is 177 g/mol. The van der Waals surface area contributed by atoms with Crippen molar-refractivity contribution >= 4 is 5.97 Å². The maximum absolute atomic E-state index is 10.7. The molecule has 0 aliphatic carbocycles. The largest absolute Gasteiger partial charge is 0.481 e. The van der Waals surface area contributed by atoms with Gasteiger partial charge in [-0.05, 0) is 0 Å². The van der Waals surface area contributed by atoms with E-state index in [1.165, 1.54) is 19.4 Å². The van der Waals surface area contributed by atoms with Crippen LogP contribution >= 0.6 is 0 Å². The first kappa shape index (κ1) is 9.07. The van der Waals surface area contributed by atoms with E-state index in [1.54, 1.807) is 0 Å². The van der Waals surface area contributed by atoms with Crippen molar-refractivity contribution < 1.29 is 14.6 Å². The molecule has 4 heteroatoms. The Morgan fingerprint density at radius 1 is 1.77 bits per heavy atom. The van der Waals surface area contributed by atoms with Crippen LogP contribution in [0.1, 0.15) is 15.9 Å². The zero-order chi connectivity index (χ0) is 9.84. The van der Waals surface area contributed by atoms with Crippen molar-refractivity contribution in [1.82, 2.24) is 4.98 Å². The molecule has 1 rings (SSSR count). The van der Waals surface area contributed by atoms with Crippen LogP contribution in [0.5, 0.6) is 5.88 Å². The van der Waals surface area contributed by atoms with Gasteiger partial charge < -0.3 is 9.84 Å². The number of ether oxygens (including phenoxy) is 1. The number of methoxy groups -OCH3 is 1. The molecule has 1 aromatic rings. The van der Waals surface area contributed by atoms with Crippen LogP contribution in [0, 0.1) is 12.3 Å². The Morgan fingerprint density at radius 2 is 2.46 bits per heavy atom. The molecule has 1 heterocycles. The highest BCUT2D eigenvalue weighted by Crippen LogP contribution is 2.13. The van der Waals surface area contributed by atoms with E-state index in [9.17, 15) is 4.79 Å². The number of rotatable bonds is 2. The summed E-state index contributed by atoms with van der Waals surface area (Å²) in [6, 6.07) is 1.29. The molecule has 1 aromatic heterocycles. The fourth-order valence-electron chi connectivity index (χ4n) is 0.840. The van der Waals surface area contributed by atoms with Gasteiger partial charge >= 0.3 is 5.97 Å². The van der Waals surface area contributed by atoms with Crippen LogP contribution < -0.4 is 4.74 Å². The summed E-state index contributed by atoms with van der Waals surface area (Å²) in [5.41, 5.74) is 0.266. The minimum Gasteiger partial charge on any atom is -0.481 e. The Hall–Kier alpha value is -2.02. The van der Waals surface area contributed by atoms with E-state index in [4.69, 9.17) is 16.3 Å². The number of aromatic carboxylic acids is 1. The lowest BCUT2D eigenvalue weighted by Gasteiger charge is -2.01. The Balaban J connectivity index is 3.28. The van der Waals surface area contributed by atoms with Gasteiger partial charge in [-0.2, -0.15) is 0 Å². The van der Waals surface area contributed by atoms with Gasteiger partial charge in [0, 0.05) is 12.3 Å². The average molecular weight is 177 g/mol. The van der Waals surface area contributed by atoms with Crippen molar-refractivity contribution in [3.63, 3.8) is 0 Å². The highest BCUT2D eigenvalue weighted by atomic mass is 16.5. The summed E-state index contributed by atoms with van der Waals surface area (Å²) in [6.45, 7) is 0. The number of terminal acetylenes is 1. The Kier molecular flexibility index (Phi) is 2.50. The molecule has 0 aliphatic heterocycles. The number of pyridine rings is 1. The minimum atomic E-state index is -1.09. The van der Waals surface area contributed by atoms with E-state index >= 15 is 0 Å². The summed E-state index contributed by atoms with van der Waals surface area (Å²) >= 11 is 0. The van der Waals surface area contributed by atoms with E-state index in [2.05, 4.69) is 10.9 Å². The highest BCUT2D eigenvalue weighted by molar-refractivity contribution is 5.90. The number of carboxylic acid groups (broad SMARTS) is 1. The van der Waals surface area contributed by atoms with Crippen LogP contribution in [-0.4, -0.2) is 23.2 Å². The highest BCUT2D eigenvalue weighted by Gasteiger charge is 2.10. The summed E-state index contributed by atoms with van der Waals surface area (Å²) < 4.78 is 4.76. The predicted molar refractivity (Wildman–Crippen MR) is 45.7 cm³/mol. The molecular formula is C9H7NO3. The summed E-state index contributed by atoms with van der Waals surface area (Å²) in [4.78, 5) is 14.5. The van der Waals surface area contributed by atoms with Crippen molar-refractivity contribution in [2.75, 3.05) is 7.11 Å². The van der Waals surface area contributed by atoms with Gasteiger partial charge in [0.2, 0.25) is 5.88 Å². The summed E-state index contributed by atoms with van der Waals surface area (Å²) in [5, 5.41) is 8.74. The fourth-order valence-corrected chi connectivity index (χ4v) is 0.840. The second-order valence-electron chi connectivity index (χ2n) is 2.22. The predicted octanol–water partition coefficient (Wildman–Crippen LogP) is 0.770. The Labute approximate surface area is 75.2 Å². The van der Waals surface area contributed by atoms with Gasteiger partial charge in [-0.1, -0.05) is 5.92 Å². The van der Waals surface area contributed by atoms with Crippen LogP contribution in [0.2, 0.25) is 0 Å². The number of carbonyl (C=O) groups is 1. The van der Waals surface area contributed by atoms with E-state index < -0.39 is 5.97 Å². The van der Waals surface area contributed by atoms with Gasteiger partial charge in [-0.3, -0.25) is 0 Å². The molecule has 0 aromatic carbocycles. The minimum absolute atomic E-state index is 0.0225. The number of carboxylic acids is 1. The SMILES string of the molecule is C#Cc1cnc(OC)cc1C(=O)O. The maximum Gasteiger partial charge on any atom is 0.337 e. The molecule has 0 bridgehead atoms. The third-order valence-corrected chi connectivity index (χ3v) is 1.47. The summed E-state index contributed by atoms with van der Waals surface area (Å²) in [7, 11) is 1.41. The Bertz CT molecular complexity index is 379. The molecule has 0 spiro atoms. The number of aromatic nitrogens is 1. The fraction of sp³-hybridized carbons (Fsp3) is 0.111. The third-order valence-electron chi connectivity index (χ3n) is 1.47. The van der Waals surface area contributed by atoms with E-state index in [-0.39, 0.29) is 17.0 Å². The van der Waals surface area contributed by atoms with Crippen LogP contribution in [0.25, 0.3) is 0 Å². The summed E-state index contributed by atoms with van der Waals surface area (Å²) in [6.07, 6.45) is 6.38. The van der Waals surface area contributed by atoms with E-state index in [0.29, 0.717) is 0 Å². The second kappa shape index (κ2) is 3.59. The van der Waals surface area contributed by atoms with Crippen LogP contribution in [0.15, 0.2) is 12.3 Å². The number of nitrogens with zero attached hydrogens (tertiary/aromatic N) is 1. The van der Waals surface area contributed by atoms with Crippen molar-refractivity contribution in [2.24, 2.45) is 0 Å². The molecule has 0 amide bonds.